The molecule has 0 aliphatic carbocycles. The minimum absolute atomic E-state index is 0.875. The molecule has 0 N–H and O–H groups in total. The molecule has 0 radical (unpaired) electrons. The van der Waals surface area contributed by atoms with Crippen molar-refractivity contribution in [1.29, 1.82) is 0 Å². The normalized spacial score (nSPS) is 11.6. The molecule has 2 heterocycles. The number of para-hydroxylation sites is 4. The largest absolute Gasteiger partial charge is 0.456 e. The summed E-state index contributed by atoms with van der Waals surface area (Å²) in [5.41, 5.74) is 15.9. The Bertz CT molecular complexity index is 3580. The Morgan fingerprint density at radius 2 is 0.803 bits per heavy atom. The molecule has 3 heteroatoms. The van der Waals surface area contributed by atoms with Gasteiger partial charge in [-0.05, 0) is 98.8 Å². The van der Waals surface area contributed by atoms with E-state index in [1.54, 1.807) is 0 Å². The molecule has 3 nitrogen and oxygen atoms in total. The maximum Gasteiger partial charge on any atom is 0.143 e. The third kappa shape index (κ3) is 5.98. The molecule has 0 aliphatic rings. The van der Waals surface area contributed by atoms with Gasteiger partial charge in [0.1, 0.15) is 22.3 Å². The first-order valence-electron chi connectivity index (χ1n) is 20.7. The molecule has 0 atom stereocenters. The molecule has 61 heavy (non-hydrogen) atoms. The smallest absolute Gasteiger partial charge is 0.143 e. The highest BCUT2D eigenvalue weighted by molar-refractivity contribution is 6.14. The fourth-order valence-corrected chi connectivity index (χ4v) is 9.11. The Hall–Kier alpha value is -8.14. The second kappa shape index (κ2) is 14.3. The highest BCUT2D eigenvalue weighted by Crippen LogP contribution is 2.46. The first kappa shape index (κ1) is 34.9. The lowest BCUT2D eigenvalue weighted by molar-refractivity contribution is 0.669. The van der Waals surface area contributed by atoms with Crippen molar-refractivity contribution >= 4 is 71.7 Å². The molecule has 0 aliphatic heterocycles. The summed E-state index contributed by atoms with van der Waals surface area (Å²) < 4.78 is 12.8. The van der Waals surface area contributed by atoms with E-state index < -0.39 is 0 Å². The number of benzene rings is 10. The molecule has 12 aromatic rings. The lowest BCUT2D eigenvalue weighted by Gasteiger charge is -2.28. The summed E-state index contributed by atoms with van der Waals surface area (Å²) >= 11 is 0. The maximum absolute atomic E-state index is 6.45. The van der Waals surface area contributed by atoms with Crippen LogP contribution in [-0.4, -0.2) is 0 Å². The molecule has 0 saturated heterocycles. The number of hydrogen-bond donors (Lipinski definition) is 0. The minimum atomic E-state index is 0.875. The van der Waals surface area contributed by atoms with E-state index in [2.05, 4.69) is 205 Å². The average Bonchev–Trinajstić information content (AvgIpc) is 3.91. The number of anilines is 3. The summed E-state index contributed by atoms with van der Waals surface area (Å²) in [6.45, 7) is 0. The van der Waals surface area contributed by atoms with Crippen LogP contribution < -0.4 is 4.90 Å². The molecule has 0 fully saturated rings. The predicted molar refractivity (Wildman–Crippen MR) is 255 cm³/mol. The summed E-state index contributed by atoms with van der Waals surface area (Å²) in [5.74, 6) is 0. The topological polar surface area (TPSA) is 29.5 Å². The van der Waals surface area contributed by atoms with Gasteiger partial charge in [0.2, 0.25) is 0 Å². The summed E-state index contributed by atoms with van der Waals surface area (Å²) in [5, 5.41) is 6.97. The second-order valence-electron chi connectivity index (χ2n) is 15.6. The lowest BCUT2D eigenvalue weighted by atomic mass is 9.96. The number of nitrogens with zero attached hydrogens (tertiary/aromatic N) is 1. The Balaban J connectivity index is 0.962. The van der Waals surface area contributed by atoms with Crippen molar-refractivity contribution in [3.05, 3.63) is 224 Å². The number of furan rings is 2. The van der Waals surface area contributed by atoms with Crippen LogP contribution in [0.1, 0.15) is 0 Å². The number of fused-ring (bicyclic) bond motifs is 7. The van der Waals surface area contributed by atoms with Crippen molar-refractivity contribution in [1.82, 2.24) is 0 Å². The minimum Gasteiger partial charge on any atom is -0.456 e. The highest BCUT2D eigenvalue weighted by atomic mass is 16.3. The highest BCUT2D eigenvalue weighted by Gasteiger charge is 2.21. The van der Waals surface area contributed by atoms with E-state index in [1.165, 1.54) is 27.5 Å². The van der Waals surface area contributed by atoms with Crippen LogP contribution in [0.4, 0.5) is 17.1 Å². The standard InChI is InChI=1S/C58H37NO2/c1-2-12-43-37-44(28-27-38(43)11-1)41-25-23-39(24-26-41)40-29-33-45(34-30-40)59(46-35-31-42(32-36-46)47-16-9-18-51-49-14-4-7-20-54(49)61-58(47)51)53-19-6-3-13-48(53)50-17-10-22-56-57(50)52-15-5-8-21-55(52)60-56/h1-37H. The van der Waals surface area contributed by atoms with Crippen molar-refractivity contribution in [2.75, 3.05) is 4.90 Å². The number of hydrogen-bond acceptors (Lipinski definition) is 3. The zero-order valence-electron chi connectivity index (χ0n) is 33.1. The van der Waals surface area contributed by atoms with Gasteiger partial charge < -0.3 is 13.7 Å². The SMILES string of the molecule is c1ccc(N(c2ccc(-c3ccc(-c4ccc5ccccc5c4)cc3)cc2)c2ccc(-c3cccc4c3oc3ccccc34)cc2)c(-c2cccc3oc4ccccc4c23)c1. The van der Waals surface area contributed by atoms with Crippen molar-refractivity contribution in [2.45, 2.75) is 0 Å². The van der Waals surface area contributed by atoms with Gasteiger partial charge >= 0.3 is 0 Å². The summed E-state index contributed by atoms with van der Waals surface area (Å²) in [6, 6.07) is 79.9. The van der Waals surface area contributed by atoms with Crippen molar-refractivity contribution in [3.63, 3.8) is 0 Å². The van der Waals surface area contributed by atoms with Gasteiger partial charge in [-0.15, -0.1) is 0 Å². The van der Waals surface area contributed by atoms with Crippen molar-refractivity contribution < 1.29 is 8.83 Å². The van der Waals surface area contributed by atoms with Gasteiger partial charge in [0, 0.05) is 44.0 Å². The monoisotopic (exact) mass is 779 g/mol. The molecule has 0 spiro atoms. The van der Waals surface area contributed by atoms with E-state index in [0.29, 0.717) is 0 Å². The fourth-order valence-electron chi connectivity index (χ4n) is 9.11. The molecule has 0 bridgehead atoms. The molecular formula is C58H37NO2. The van der Waals surface area contributed by atoms with Gasteiger partial charge in [-0.3, -0.25) is 0 Å². The van der Waals surface area contributed by atoms with Crippen LogP contribution in [0.5, 0.6) is 0 Å². The van der Waals surface area contributed by atoms with Gasteiger partial charge in [0.05, 0.1) is 5.69 Å². The van der Waals surface area contributed by atoms with E-state index in [0.717, 1.165) is 88.8 Å². The van der Waals surface area contributed by atoms with Gasteiger partial charge in [0.25, 0.3) is 0 Å². The van der Waals surface area contributed by atoms with Gasteiger partial charge in [0.15, 0.2) is 0 Å². The fraction of sp³-hybridized carbons (Fsp3) is 0. The van der Waals surface area contributed by atoms with E-state index in [1.807, 2.05) is 24.3 Å². The van der Waals surface area contributed by atoms with Crippen LogP contribution in [0.15, 0.2) is 233 Å². The van der Waals surface area contributed by atoms with E-state index >= 15 is 0 Å². The second-order valence-corrected chi connectivity index (χ2v) is 15.6. The Morgan fingerprint density at radius 3 is 1.57 bits per heavy atom. The third-order valence-electron chi connectivity index (χ3n) is 12.1. The summed E-state index contributed by atoms with van der Waals surface area (Å²) in [4.78, 5) is 2.37. The summed E-state index contributed by atoms with van der Waals surface area (Å²) in [7, 11) is 0. The van der Waals surface area contributed by atoms with Crippen LogP contribution in [-0.2, 0) is 0 Å². The van der Waals surface area contributed by atoms with E-state index in [9.17, 15) is 0 Å². The summed E-state index contributed by atoms with van der Waals surface area (Å²) in [6.07, 6.45) is 0. The van der Waals surface area contributed by atoms with Crippen molar-refractivity contribution in [3.8, 4) is 44.5 Å². The van der Waals surface area contributed by atoms with Crippen LogP contribution in [0.3, 0.4) is 0 Å². The first-order chi connectivity index (χ1) is 30.2. The van der Waals surface area contributed by atoms with Crippen LogP contribution in [0.25, 0.3) is 99.2 Å². The molecule has 12 rings (SSSR count). The molecule has 0 amide bonds. The third-order valence-corrected chi connectivity index (χ3v) is 12.1. The quantitative estimate of drug-likeness (QED) is 0.161. The van der Waals surface area contributed by atoms with Gasteiger partial charge in [-0.2, -0.15) is 0 Å². The molecule has 0 unspecified atom stereocenters. The van der Waals surface area contributed by atoms with Crippen LogP contribution in [0, 0.1) is 0 Å². The van der Waals surface area contributed by atoms with Gasteiger partial charge in [-0.25, -0.2) is 0 Å². The molecule has 286 valence electrons. The number of rotatable bonds is 7. The van der Waals surface area contributed by atoms with E-state index in [-0.39, 0.29) is 0 Å². The first-order valence-corrected chi connectivity index (χ1v) is 20.7. The molecule has 10 aromatic carbocycles. The molecule has 0 saturated carbocycles. The van der Waals surface area contributed by atoms with Gasteiger partial charge in [-0.1, -0.05) is 170 Å². The molecular weight excluding hydrogens is 743 g/mol. The van der Waals surface area contributed by atoms with E-state index in [4.69, 9.17) is 8.83 Å². The maximum atomic E-state index is 6.45. The predicted octanol–water partition coefficient (Wildman–Crippen LogP) is 16.8. The van der Waals surface area contributed by atoms with Crippen molar-refractivity contribution in [2.24, 2.45) is 0 Å². The Kier molecular flexibility index (Phi) is 8.17. The van der Waals surface area contributed by atoms with Crippen LogP contribution in [0.2, 0.25) is 0 Å². The Labute approximate surface area is 353 Å². The zero-order chi connectivity index (χ0) is 40.3. The van der Waals surface area contributed by atoms with Crippen LogP contribution >= 0.6 is 0 Å². The molecule has 2 aromatic heterocycles. The zero-order valence-corrected chi connectivity index (χ0v) is 33.1. The lowest BCUT2D eigenvalue weighted by Crippen LogP contribution is -2.11. The Morgan fingerprint density at radius 1 is 0.295 bits per heavy atom. The average molecular weight is 780 g/mol.